The summed E-state index contributed by atoms with van der Waals surface area (Å²) in [7, 11) is -1.99. The first-order valence-electron chi connectivity index (χ1n) is 10.4. The molecule has 3 aromatic carbocycles. The molecule has 170 valence electrons. The molecular formula is C24H24N4O4S. The van der Waals surface area contributed by atoms with Gasteiger partial charge in [-0.25, -0.2) is 8.42 Å². The summed E-state index contributed by atoms with van der Waals surface area (Å²) in [6.45, 7) is 0.200. The largest absolute Gasteiger partial charge is 0.354 e. The first-order valence-corrected chi connectivity index (χ1v) is 11.9. The molecule has 0 aliphatic carbocycles. The molecule has 0 atom stereocenters. The molecular weight excluding hydrogens is 440 g/mol. The second-order valence-corrected chi connectivity index (χ2v) is 9.52. The molecule has 0 spiro atoms. The van der Waals surface area contributed by atoms with Gasteiger partial charge in [0, 0.05) is 31.4 Å². The van der Waals surface area contributed by atoms with Crippen LogP contribution in [-0.4, -0.2) is 51.2 Å². The standard InChI is InChI=1S/C24H24N4O4S/c1-27(19-9-3-2-4-10-19)22-13-6-5-12-21(22)26-24(30)18-8-7-11-20(16-18)33(31,32)28-15-14-25-23(29)17-28/h2-13,16H,14-15,17H2,1H3,(H,25,29)(H,26,30). The molecule has 4 rings (SSSR count). The van der Waals surface area contributed by atoms with Gasteiger partial charge in [-0.1, -0.05) is 36.4 Å². The number of anilines is 3. The summed E-state index contributed by atoms with van der Waals surface area (Å²) in [5, 5.41) is 5.50. The predicted molar refractivity (Wildman–Crippen MR) is 127 cm³/mol. The van der Waals surface area contributed by atoms with Crippen molar-refractivity contribution in [2.75, 3.05) is 36.9 Å². The average Bonchev–Trinajstić information content (AvgIpc) is 2.84. The van der Waals surface area contributed by atoms with Crippen molar-refractivity contribution in [2.45, 2.75) is 4.90 Å². The van der Waals surface area contributed by atoms with Gasteiger partial charge in [-0.3, -0.25) is 9.59 Å². The van der Waals surface area contributed by atoms with Crippen LogP contribution in [0, 0.1) is 0 Å². The average molecular weight is 465 g/mol. The molecule has 1 heterocycles. The van der Waals surface area contributed by atoms with Crippen molar-refractivity contribution in [3.05, 3.63) is 84.4 Å². The highest BCUT2D eigenvalue weighted by Gasteiger charge is 2.29. The number of benzene rings is 3. The van der Waals surface area contributed by atoms with Crippen LogP contribution in [0.3, 0.4) is 0 Å². The Hall–Kier alpha value is -3.69. The molecule has 33 heavy (non-hydrogen) atoms. The Kier molecular flexibility index (Phi) is 6.43. The van der Waals surface area contributed by atoms with E-state index in [1.807, 2.05) is 60.5 Å². The number of hydrogen-bond acceptors (Lipinski definition) is 5. The van der Waals surface area contributed by atoms with E-state index in [-0.39, 0.29) is 36.0 Å². The lowest BCUT2D eigenvalue weighted by Crippen LogP contribution is -2.49. The van der Waals surface area contributed by atoms with E-state index in [4.69, 9.17) is 0 Å². The van der Waals surface area contributed by atoms with Crippen LogP contribution in [0.2, 0.25) is 0 Å². The van der Waals surface area contributed by atoms with Gasteiger partial charge in [0.05, 0.1) is 22.8 Å². The van der Waals surface area contributed by atoms with Crippen molar-refractivity contribution in [1.29, 1.82) is 0 Å². The number of rotatable bonds is 6. The lowest BCUT2D eigenvalue weighted by Gasteiger charge is -2.26. The topological polar surface area (TPSA) is 98.8 Å². The molecule has 1 aliphatic rings. The fraction of sp³-hybridized carbons (Fsp3) is 0.167. The Labute approximate surface area is 192 Å². The fourth-order valence-corrected chi connectivity index (χ4v) is 5.07. The second kappa shape index (κ2) is 9.43. The smallest absolute Gasteiger partial charge is 0.255 e. The maximum Gasteiger partial charge on any atom is 0.255 e. The van der Waals surface area contributed by atoms with Gasteiger partial charge in [-0.2, -0.15) is 4.31 Å². The van der Waals surface area contributed by atoms with Gasteiger partial charge in [0.25, 0.3) is 5.91 Å². The summed E-state index contributed by atoms with van der Waals surface area (Å²) in [5.74, 6) is -0.782. The van der Waals surface area contributed by atoms with Crippen molar-refractivity contribution in [3.8, 4) is 0 Å². The minimum absolute atomic E-state index is 0.0282. The summed E-state index contributed by atoms with van der Waals surface area (Å²) in [6, 6.07) is 23.0. The summed E-state index contributed by atoms with van der Waals surface area (Å²) in [4.78, 5) is 26.6. The summed E-state index contributed by atoms with van der Waals surface area (Å²) in [6.07, 6.45) is 0. The van der Waals surface area contributed by atoms with Crippen LogP contribution in [-0.2, 0) is 14.8 Å². The van der Waals surface area contributed by atoms with Gasteiger partial charge < -0.3 is 15.5 Å². The van der Waals surface area contributed by atoms with E-state index in [0.717, 1.165) is 15.7 Å². The van der Waals surface area contributed by atoms with Crippen LogP contribution < -0.4 is 15.5 Å². The van der Waals surface area contributed by atoms with E-state index in [1.165, 1.54) is 18.2 Å². The van der Waals surface area contributed by atoms with Crippen LogP contribution in [0.4, 0.5) is 17.1 Å². The van der Waals surface area contributed by atoms with E-state index in [9.17, 15) is 18.0 Å². The second-order valence-electron chi connectivity index (χ2n) is 7.58. The number of amides is 2. The quantitative estimate of drug-likeness (QED) is 0.585. The zero-order chi connectivity index (χ0) is 23.4. The molecule has 2 N–H and O–H groups in total. The number of nitrogens with zero attached hydrogens (tertiary/aromatic N) is 2. The summed E-state index contributed by atoms with van der Waals surface area (Å²) in [5.41, 5.74) is 2.54. The number of para-hydroxylation sites is 3. The van der Waals surface area contributed by atoms with Gasteiger partial charge in [0.1, 0.15) is 0 Å². The lowest BCUT2D eigenvalue weighted by atomic mass is 10.2. The van der Waals surface area contributed by atoms with Gasteiger partial charge in [-0.15, -0.1) is 0 Å². The van der Waals surface area contributed by atoms with Gasteiger partial charge in [-0.05, 0) is 42.5 Å². The number of sulfonamides is 1. The van der Waals surface area contributed by atoms with Crippen molar-refractivity contribution < 1.29 is 18.0 Å². The molecule has 1 saturated heterocycles. The summed E-state index contributed by atoms with van der Waals surface area (Å²) < 4.78 is 27.1. The van der Waals surface area contributed by atoms with Crippen LogP contribution >= 0.6 is 0 Å². The maximum absolute atomic E-state index is 13.0. The van der Waals surface area contributed by atoms with Crippen molar-refractivity contribution >= 4 is 38.9 Å². The minimum atomic E-state index is -3.90. The number of carbonyl (C=O) groups excluding carboxylic acids is 2. The van der Waals surface area contributed by atoms with Crippen LogP contribution in [0.25, 0.3) is 0 Å². The first kappa shape index (κ1) is 22.5. The van der Waals surface area contributed by atoms with E-state index < -0.39 is 15.9 Å². The highest BCUT2D eigenvalue weighted by Crippen LogP contribution is 2.31. The van der Waals surface area contributed by atoms with Gasteiger partial charge in [0.2, 0.25) is 15.9 Å². The molecule has 9 heteroatoms. The molecule has 0 bridgehead atoms. The maximum atomic E-state index is 13.0. The highest BCUT2D eigenvalue weighted by molar-refractivity contribution is 7.89. The van der Waals surface area contributed by atoms with Crippen molar-refractivity contribution in [2.24, 2.45) is 0 Å². The Bertz CT molecular complexity index is 1280. The van der Waals surface area contributed by atoms with E-state index >= 15 is 0 Å². The molecule has 0 saturated carbocycles. The number of hydrogen-bond donors (Lipinski definition) is 2. The van der Waals surface area contributed by atoms with Gasteiger partial charge in [0.15, 0.2) is 0 Å². The fourth-order valence-electron chi connectivity index (χ4n) is 3.62. The highest BCUT2D eigenvalue weighted by atomic mass is 32.2. The van der Waals surface area contributed by atoms with E-state index in [2.05, 4.69) is 10.6 Å². The predicted octanol–water partition coefficient (Wildman–Crippen LogP) is 2.83. The molecule has 2 amide bonds. The zero-order valence-corrected chi connectivity index (χ0v) is 18.9. The molecule has 0 unspecified atom stereocenters. The Morgan fingerprint density at radius 1 is 1.00 bits per heavy atom. The third-order valence-electron chi connectivity index (χ3n) is 5.39. The zero-order valence-electron chi connectivity index (χ0n) is 18.1. The normalized spacial score (nSPS) is 14.4. The monoisotopic (exact) mass is 464 g/mol. The molecule has 0 radical (unpaired) electrons. The van der Waals surface area contributed by atoms with E-state index in [0.29, 0.717) is 5.69 Å². The SMILES string of the molecule is CN(c1ccccc1)c1ccccc1NC(=O)c1cccc(S(=O)(=O)N2CCNC(=O)C2)c1. The summed E-state index contributed by atoms with van der Waals surface area (Å²) >= 11 is 0. The Balaban J connectivity index is 1.58. The molecule has 1 fully saturated rings. The molecule has 3 aromatic rings. The molecule has 8 nitrogen and oxygen atoms in total. The Morgan fingerprint density at radius 3 is 2.48 bits per heavy atom. The number of piperazine rings is 1. The first-order chi connectivity index (χ1) is 15.9. The van der Waals surface area contributed by atoms with Gasteiger partial charge >= 0.3 is 0 Å². The number of carbonyl (C=O) groups is 2. The van der Waals surface area contributed by atoms with Crippen molar-refractivity contribution in [3.63, 3.8) is 0 Å². The van der Waals surface area contributed by atoms with Crippen LogP contribution in [0.15, 0.2) is 83.8 Å². The van der Waals surface area contributed by atoms with Crippen LogP contribution in [0.1, 0.15) is 10.4 Å². The molecule has 0 aromatic heterocycles. The molecule has 1 aliphatic heterocycles. The Morgan fingerprint density at radius 2 is 1.73 bits per heavy atom. The third kappa shape index (κ3) is 4.89. The number of nitrogens with one attached hydrogen (secondary N) is 2. The lowest BCUT2D eigenvalue weighted by molar-refractivity contribution is -0.122. The van der Waals surface area contributed by atoms with Crippen LogP contribution in [0.5, 0.6) is 0 Å². The minimum Gasteiger partial charge on any atom is -0.354 e. The van der Waals surface area contributed by atoms with Crippen molar-refractivity contribution in [1.82, 2.24) is 9.62 Å². The third-order valence-corrected chi connectivity index (χ3v) is 7.24. The van der Waals surface area contributed by atoms with E-state index in [1.54, 1.807) is 12.1 Å².